The van der Waals surface area contributed by atoms with Crippen LogP contribution in [0.3, 0.4) is 0 Å². The highest BCUT2D eigenvalue weighted by Crippen LogP contribution is 2.03. The van der Waals surface area contributed by atoms with E-state index in [1.807, 2.05) is 6.92 Å². The molecule has 0 aliphatic carbocycles. The van der Waals surface area contributed by atoms with E-state index in [4.69, 9.17) is 9.47 Å². The second-order valence-electron chi connectivity index (χ2n) is 4.35. The van der Waals surface area contributed by atoms with Crippen LogP contribution in [-0.4, -0.2) is 63.0 Å². The number of nitrogens with zero attached hydrogens (tertiary/aromatic N) is 1. The van der Waals surface area contributed by atoms with Gasteiger partial charge in [-0.2, -0.15) is 0 Å². The van der Waals surface area contributed by atoms with E-state index in [9.17, 15) is 0 Å². The van der Waals surface area contributed by atoms with Gasteiger partial charge in [0.05, 0.1) is 19.3 Å². The third kappa shape index (κ3) is 5.25. The molecule has 1 aliphatic heterocycles. The molecule has 0 aromatic rings. The predicted molar refractivity (Wildman–Crippen MR) is 65.8 cm³/mol. The first kappa shape index (κ1) is 13.9. The molecule has 0 saturated carbocycles. The molecule has 1 rings (SSSR count). The van der Waals surface area contributed by atoms with Crippen molar-refractivity contribution in [3.63, 3.8) is 0 Å². The zero-order valence-corrected chi connectivity index (χ0v) is 10.9. The number of hydrogen-bond donors (Lipinski definition) is 1. The number of rotatable bonds is 7. The summed E-state index contributed by atoms with van der Waals surface area (Å²) in [6, 6.07) is 0.403. The lowest BCUT2D eigenvalue weighted by atomic mass is 10.2. The highest BCUT2D eigenvalue weighted by atomic mass is 16.5. The largest absolute Gasteiger partial charge is 0.380 e. The quantitative estimate of drug-likeness (QED) is 0.699. The van der Waals surface area contributed by atoms with Crippen LogP contribution in [0.25, 0.3) is 0 Å². The van der Waals surface area contributed by atoms with Gasteiger partial charge in [-0.3, -0.25) is 4.90 Å². The second kappa shape index (κ2) is 8.01. The molecule has 4 heteroatoms. The molecule has 1 aliphatic rings. The first-order chi connectivity index (χ1) is 7.76. The minimum atomic E-state index is 0.331. The highest BCUT2D eigenvalue weighted by Gasteiger charge is 2.19. The molecule has 0 bridgehead atoms. The molecule has 0 aromatic heterocycles. The molecule has 0 amide bonds. The lowest BCUT2D eigenvalue weighted by Gasteiger charge is -2.32. The Kier molecular flexibility index (Phi) is 6.96. The number of nitrogens with one attached hydrogen (secondary N) is 1. The Hall–Kier alpha value is -0.160. The van der Waals surface area contributed by atoms with Gasteiger partial charge >= 0.3 is 0 Å². The van der Waals surface area contributed by atoms with Gasteiger partial charge in [0.25, 0.3) is 0 Å². The van der Waals surface area contributed by atoms with Crippen molar-refractivity contribution in [3.8, 4) is 0 Å². The van der Waals surface area contributed by atoms with E-state index in [0.29, 0.717) is 12.1 Å². The van der Waals surface area contributed by atoms with Crippen molar-refractivity contribution in [1.29, 1.82) is 0 Å². The normalized spacial score (nSPS) is 24.6. The molecule has 1 N–H and O–H groups in total. The summed E-state index contributed by atoms with van der Waals surface area (Å²) in [6.45, 7) is 13.0. The van der Waals surface area contributed by atoms with E-state index in [1.54, 1.807) is 0 Å². The maximum Gasteiger partial charge on any atom is 0.0826 e. The van der Waals surface area contributed by atoms with Crippen LogP contribution in [0.5, 0.6) is 0 Å². The maximum atomic E-state index is 5.72. The molecule has 0 aromatic carbocycles. The molecule has 1 fully saturated rings. The molecule has 16 heavy (non-hydrogen) atoms. The van der Waals surface area contributed by atoms with Crippen molar-refractivity contribution in [1.82, 2.24) is 10.2 Å². The van der Waals surface area contributed by atoms with E-state index >= 15 is 0 Å². The highest BCUT2D eigenvalue weighted by molar-refractivity contribution is 4.74. The first-order valence-electron chi connectivity index (χ1n) is 6.41. The third-order valence-electron chi connectivity index (χ3n) is 2.94. The molecule has 2 unspecified atom stereocenters. The number of likely N-dealkylation sites (N-methyl/N-ethyl adjacent to an activating group) is 1. The van der Waals surface area contributed by atoms with Gasteiger partial charge in [0.1, 0.15) is 0 Å². The molecule has 4 nitrogen and oxygen atoms in total. The van der Waals surface area contributed by atoms with Crippen LogP contribution in [0.1, 0.15) is 20.8 Å². The molecular weight excluding hydrogens is 204 g/mol. The van der Waals surface area contributed by atoms with Crippen molar-refractivity contribution in [2.75, 3.05) is 46.0 Å². The summed E-state index contributed by atoms with van der Waals surface area (Å²) in [4.78, 5) is 2.43. The molecule has 1 heterocycles. The number of morpholine rings is 1. The van der Waals surface area contributed by atoms with E-state index in [2.05, 4.69) is 24.1 Å². The lowest BCUT2D eigenvalue weighted by molar-refractivity contribution is -0.0273. The van der Waals surface area contributed by atoms with Crippen LogP contribution in [0, 0.1) is 0 Å². The Morgan fingerprint density at radius 3 is 3.00 bits per heavy atom. The molecule has 0 radical (unpaired) electrons. The molecule has 0 spiro atoms. The van der Waals surface area contributed by atoms with Gasteiger partial charge in [-0.05, 0) is 20.4 Å². The van der Waals surface area contributed by atoms with E-state index in [0.717, 1.165) is 46.0 Å². The molecular formula is C12H26N2O2. The minimum absolute atomic E-state index is 0.331. The van der Waals surface area contributed by atoms with Crippen molar-refractivity contribution < 1.29 is 9.47 Å². The summed E-state index contributed by atoms with van der Waals surface area (Å²) in [5, 5.41) is 3.46. The Morgan fingerprint density at radius 1 is 1.50 bits per heavy atom. The van der Waals surface area contributed by atoms with Gasteiger partial charge in [0, 0.05) is 32.3 Å². The van der Waals surface area contributed by atoms with Crippen LogP contribution in [0.2, 0.25) is 0 Å². The van der Waals surface area contributed by atoms with Crippen molar-refractivity contribution >= 4 is 0 Å². The zero-order chi connectivity index (χ0) is 11.8. The average Bonchev–Trinajstić information content (AvgIpc) is 2.34. The Bertz CT molecular complexity index is 178. The number of hydrogen-bond acceptors (Lipinski definition) is 4. The van der Waals surface area contributed by atoms with Crippen molar-refractivity contribution in [3.05, 3.63) is 0 Å². The van der Waals surface area contributed by atoms with Gasteiger partial charge < -0.3 is 14.8 Å². The third-order valence-corrected chi connectivity index (χ3v) is 2.94. The van der Waals surface area contributed by atoms with Gasteiger partial charge in [-0.25, -0.2) is 0 Å². The summed E-state index contributed by atoms with van der Waals surface area (Å²) in [5.41, 5.74) is 0. The smallest absolute Gasteiger partial charge is 0.0826 e. The predicted octanol–water partition coefficient (Wildman–Crippen LogP) is 0.722. The van der Waals surface area contributed by atoms with E-state index < -0.39 is 0 Å². The van der Waals surface area contributed by atoms with E-state index in [1.165, 1.54) is 0 Å². The zero-order valence-electron chi connectivity index (χ0n) is 10.9. The van der Waals surface area contributed by atoms with Gasteiger partial charge in [-0.1, -0.05) is 6.92 Å². The van der Waals surface area contributed by atoms with Crippen LogP contribution >= 0.6 is 0 Å². The van der Waals surface area contributed by atoms with Gasteiger partial charge in [-0.15, -0.1) is 0 Å². The summed E-state index contributed by atoms with van der Waals surface area (Å²) in [5.74, 6) is 0. The lowest BCUT2D eigenvalue weighted by Crippen LogP contribution is -2.48. The van der Waals surface area contributed by atoms with Gasteiger partial charge in [0.2, 0.25) is 0 Å². The topological polar surface area (TPSA) is 33.7 Å². The molecule has 1 saturated heterocycles. The monoisotopic (exact) mass is 230 g/mol. The fraction of sp³-hybridized carbons (Fsp3) is 1.00. The first-order valence-corrected chi connectivity index (χ1v) is 6.41. The summed E-state index contributed by atoms with van der Waals surface area (Å²) in [7, 11) is 0. The number of ether oxygens (including phenoxy) is 2. The van der Waals surface area contributed by atoms with Crippen LogP contribution in [-0.2, 0) is 9.47 Å². The maximum absolute atomic E-state index is 5.72. The molecule has 2 atom stereocenters. The second-order valence-corrected chi connectivity index (χ2v) is 4.35. The SMILES string of the molecule is CCOCC(C)NCC1CN(CC)CCO1. The fourth-order valence-electron chi connectivity index (χ4n) is 1.88. The van der Waals surface area contributed by atoms with Crippen LogP contribution in [0.15, 0.2) is 0 Å². The Balaban J connectivity index is 2.11. The summed E-state index contributed by atoms with van der Waals surface area (Å²) >= 11 is 0. The van der Waals surface area contributed by atoms with Gasteiger partial charge in [0.15, 0.2) is 0 Å². The Morgan fingerprint density at radius 2 is 2.31 bits per heavy atom. The molecule has 96 valence electrons. The van der Waals surface area contributed by atoms with E-state index in [-0.39, 0.29) is 0 Å². The minimum Gasteiger partial charge on any atom is -0.380 e. The van der Waals surface area contributed by atoms with Crippen molar-refractivity contribution in [2.24, 2.45) is 0 Å². The average molecular weight is 230 g/mol. The summed E-state index contributed by atoms with van der Waals surface area (Å²) < 4.78 is 11.1. The fourth-order valence-corrected chi connectivity index (χ4v) is 1.88. The Labute approximate surface area is 99.3 Å². The van der Waals surface area contributed by atoms with Crippen LogP contribution in [0.4, 0.5) is 0 Å². The van der Waals surface area contributed by atoms with Crippen LogP contribution < -0.4 is 5.32 Å². The summed E-state index contributed by atoms with van der Waals surface area (Å²) in [6.07, 6.45) is 0.331. The standard InChI is InChI=1S/C12H26N2O2/c1-4-14-6-7-16-12(9-14)8-13-11(3)10-15-5-2/h11-13H,4-10H2,1-3H3. The van der Waals surface area contributed by atoms with Crippen molar-refractivity contribution in [2.45, 2.75) is 32.9 Å².